The largest absolute Gasteiger partial charge is 0.478 e. The first-order valence-electron chi connectivity index (χ1n) is 5.14. The van der Waals surface area contributed by atoms with Gasteiger partial charge < -0.3 is 5.11 Å². The first kappa shape index (κ1) is 15.4. The minimum Gasteiger partial charge on any atom is -0.478 e. The van der Waals surface area contributed by atoms with E-state index in [1.807, 2.05) is 0 Å². The number of sulfonamides is 1. The molecule has 0 aliphatic heterocycles. The third-order valence-corrected chi connectivity index (χ3v) is 4.71. The van der Waals surface area contributed by atoms with Crippen LogP contribution in [0.4, 0.5) is 0 Å². The maximum atomic E-state index is 11.6. The van der Waals surface area contributed by atoms with Crippen LogP contribution in [-0.4, -0.2) is 36.6 Å². The second kappa shape index (κ2) is 6.47. The summed E-state index contributed by atoms with van der Waals surface area (Å²) in [5.41, 5.74) is 0.702. The summed E-state index contributed by atoms with van der Waals surface area (Å²) in [4.78, 5) is 11.1. The fraction of sp³-hybridized carbons (Fsp3) is 0.273. The Labute approximate surface area is 115 Å². The average molecular weight is 300 g/mol. The van der Waals surface area contributed by atoms with Crippen molar-refractivity contribution in [3.63, 3.8) is 0 Å². The van der Waals surface area contributed by atoms with Crippen molar-refractivity contribution in [2.24, 2.45) is 0 Å². The van der Waals surface area contributed by atoms with Gasteiger partial charge in [-0.1, -0.05) is 0 Å². The van der Waals surface area contributed by atoms with Gasteiger partial charge in [-0.15, -0.1) is 11.3 Å². The van der Waals surface area contributed by atoms with Gasteiger partial charge in [0.15, 0.2) is 5.75 Å². The molecule has 0 saturated carbocycles. The van der Waals surface area contributed by atoms with Crippen LogP contribution in [0.2, 0.25) is 0 Å². The molecule has 0 aromatic carbocycles. The van der Waals surface area contributed by atoms with Crippen LogP contribution in [0, 0.1) is 11.3 Å². The molecule has 1 aromatic rings. The summed E-state index contributed by atoms with van der Waals surface area (Å²) in [6, 6.07) is 3.32. The molecule has 1 rings (SSSR count). The second-order valence-corrected chi connectivity index (χ2v) is 6.76. The molecule has 0 unspecified atom stereocenters. The normalized spacial score (nSPS) is 11.8. The Morgan fingerprint density at radius 3 is 2.89 bits per heavy atom. The van der Waals surface area contributed by atoms with Crippen LogP contribution < -0.4 is 0 Å². The molecular weight excluding hydrogens is 288 g/mol. The average Bonchev–Trinajstić information content (AvgIpc) is 2.74. The number of carboxylic acid groups (broad SMARTS) is 1. The Morgan fingerprint density at radius 2 is 2.32 bits per heavy atom. The highest BCUT2D eigenvalue weighted by atomic mass is 32.2. The summed E-state index contributed by atoms with van der Waals surface area (Å²) in [6.45, 7) is 0.162. The zero-order chi connectivity index (χ0) is 14.5. The van der Waals surface area contributed by atoms with Crippen molar-refractivity contribution in [2.75, 3.05) is 12.8 Å². The van der Waals surface area contributed by atoms with Crippen LogP contribution >= 0.6 is 11.3 Å². The van der Waals surface area contributed by atoms with Gasteiger partial charge in [0.25, 0.3) is 0 Å². The highest BCUT2D eigenvalue weighted by molar-refractivity contribution is 7.89. The topological polar surface area (TPSA) is 98.5 Å². The van der Waals surface area contributed by atoms with E-state index in [4.69, 9.17) is 10.4 Å². The van der Waals surface area contributed by atoms with E-state index in [0.717, 1.165) is 15.3 Å². The van der Waals surface area contributed by atoms with Crippen molar-refractivity contribution in [1.82, 2.24) is 4.31 Å². The van der Waals surface area contributed by atoms with E-state index in [0.29, 0.717) is 5.56 Å². The molecule has 0 bridgehead atoms. The number of carboxylic acids is 1. The molecule has 0 radical (unpaired) electrons. The van der Waals surface area contributed by atoms with Crippen molar-refractivity contribution in [3.8, 4) is 6.07 Å². The second-order valence-electron chi connectivity index (χ2n) is 3.69. The first-order valence-corrected chi connectivity index (χ1v) is 7.63. The van der Waals surface area contributed by atoms with Gasteiger partial charge in [0.05, 0.1) is 6.07 Å². The molecule has 1 heterocycles. The van der Waals surface area contributed by atoms with Gasteiger partial charge in [-0.25, -0.2) is 13.2 Å². The fourth-order valence-electron chi connectivity index (χ4n) is 1.25. The smallest absolute Gasteiger partial charge is 0.328 e. The van der Waals surface area contributed by atoms with E-state index in [1.165, 1.54) is 24.5 Å². The molecular formula is C11H12N2O4S2. The van der Waals surface area contributed by atoms with E-state index in [9.17, 15) is 13.2 Å². The van der Waals surface area contributed by atoms with Crippen LogP contribution in [0.1, 0.15) is 10.4 Å². The van der Waals surface area contributed by atoms with Crippen molar-refractivity contribution < 1.29 is 18.3 Å². The van der Waals surface area contributed by atoms with Crippen LogP contribution in [0.5, 0.6) is 0 Å². The number of aliphatic carboxylic acids is 1. The summed E-state index contributed by atoms with van der Waals surface area (Å²) >= 11 is 1.33. The maximum Gasteiger partial charge on any atom is 0.328 e. The van der Waals surface area contributed by atoms with E-state index < -0.39 is 21.7 Å². The summed E-state index contributed by atoms with van der Waals surface area (Å²) in [6.07, 6.45) is 2.45. The Bertz CT molecular complexity index is 625. The minimum absolute atomic E-state index is 0.162. The number of nitrogens with zero attached hydrogens (tertiary/aromatic N) is 2. The highest BCUT2D eigenvalue weighted by Gasteiger charge is 2.17. The van der Waals surface area contributed by atoms with Crippen molar-refractivity contribution in [3.05, 3.63) is 28.0 Å². The number of hydrogen-bond donors (Lipinski definition) is 1. The maximum absolute atomic E-state index is 11.6. The molecule has 1 aromatic heterocycles. The van der Waals surface area contributed by atoms with Crippen molar-refractivity contribution in [2.45, 2.75) is 6.54 Å². The summed E-state index contributed by atoms with van der Waals surface area (Å²) in [7, 11) is -2.16. The number of nitriles is 1. The number of carbonyl (C=O) groups is 1. The van der Waals surface area contributed by atoms with E-state index in [1.54, 1.807) is 17.5 Å². The third-order valence-electron chi connectivity index (χ3n) is 2.19. The molecule has 6 nitrogen and oxygen atoms in total. The number of hydrogen-bond acceptors (Lipinski definition) is 5. The van der Waals surface area contributed by atoms with E-state index in [-0.39, 0.29) is 6.54 Å². The summed E-state index contributed by atoms with van der Waals surface area (Å²) < 4.78 is 24.3. The standard InChI is InChI=1S/C11H12N2O4S2/c1-13(19(16,17)5-4-12)7-10-6-9(8-18-10)2-3-11(14)15/h2-3,6,8H,5,7H2,1H3,(H,14,15). The summed E-state index contributed by atoms with van der Waals surface area (Å²) in [5, 5.41) is 18.7. The zero-order valence-corrected chi connectivity index (χ0v) is 11.7. The lowest BCUT2D eigenvalue weighted by molar-refractivity contribution is -0.131. The monoisotopic (exact) mass is 300 g/mol. The first-order chi connectivity index (χ1) is 8.85. The van der Waals surface area contributed by atoms with Gasteiger partial charge in [0.2, 0.25) is 10.0 Å². The molecule has 1 N–H and O–H groups in total. The molecule has 19 heavy (non-hydrogen) atoms. The molecule has 8 heteroatoms. The molecule has 0 fully saturated rings. The highest BCUT2D eigenvalue weighted by Crippen LogP contribution is 2.18. The molecule has 0 atom stereocenters. The molecule has 0 aliphatic rings. The lowest BCUT2D eigenvalue weighted by Gasteiger charge is -2.13. The Hall–Kier alpha value is -1.69. The van der Waals surface area contributed by atoms with Gasteiger partial charge in [-0.05, 0) is 23.1 Å². The van der Waals surface area contributed by atoms with E-state index in [2.05, 4.69) is 0 Å². The van der Waals surface area contributed by atoms with Gasteiger partial charge in [0, 0.05) is 24.5 Å². The van der Waals surface area contributed by atoms with Gasteiger partial charge in [-0.2, -0.15) is 9.57 Å². The third kappa shape index (κ3) is 4.82. The van der Waals surface area contributed by atoms with Crippen LogP contribution in [-0.2, 0) is 21.4 Å². The fourth-order valence-corrected chi connectivity index (χ4v) is 2.95. The lowest BCUT2D eigenvalue weighted by Crippen LogP contribution is -2.27. The number of rotatable bonds is 6. The molecule has 102 valence electrons. The van der Waals surface area contributed by atoms with Crippen LogP contribution in [0.3, 0.4) is 0 Å². The van der Waals surface area contributed by atoms with Crippen molar-refractivity contribution >= 4 is 33.4 Å². The van der Waals surface area contributed by atoms with Crippen LogP contribution in [0.25, 0.3) is 6.08 Å². The van der Waals surface area contributed by atoms with E-state index >= 15 is 0 Å². The zero-order valence-electron chi connectivity index (χ0n) is 10.1. The molecule has 0 spiro atoms. The number of thiophene rings is 1. The molecule has 0 saturated heterocycles. The van der Waals surface area contributed by atoms with Crippen molar-refractivity contribution in [1.29, 1.82) is 5.26 Å². The summed E-state index contributed by atoms with van der Waals surface area (Å²) in [5.74, 6) is -1.60. The van der Waals surface area contributed by atoms with Crippen LogP contribution in [0.15, 0.2) is 17.5 Å². The van der Waals surface area contributed by atoms with Gasteiger partial charge >= 0.3 is 5.97 Å². The Kier molecular flexibility index (Phi) is 5.23. The predicted molar refractivity (Wildman–Crippen MR) is 71.9 cm³/mol. The molecule has 0 amide bonds. The lowest BCUT2D eigenvalue weighted by atomic mass is 10.3. The Balaban J connectivity index is 2.74. The Morgan fingerprint density at radius 1 is 1.63 bits per heavy atom. The van der Waals surface area contributed by atoms with Gasteiger partial charge in [0.1, 0.15) is 0 Å². The van der Waals surface area contributed by atoms with Gasteiger partial charge in [-0.3, -0.25) is 0 Å². The minimum atomic E-state index is -3.56. The quantitative estimate of drug-likeness (QED) is 0.794. The predicted octanol–water partition coefficient (Wildman–Crippen LogP) is 1.13. The SMILES string of the molecule is CN(Cc1cc(C=CC(=O)O)cs1)S(=O)(=O)CC#N. The molecule has 0 aliphatic carbocycles.